The van der Waals surface area contributed by atoms with E-state index in [1.54, 1.807) is 6.21 Å². The molecule has 0 saturated carbocycles. The Balaban J connectivity index is 2.07. The predicted molar refractivity (Wildman–Crippen MR) is 82.0 cm³/mol. The fraction of sp³-hybridized carbons (Fsp3) is 0.143. The number of ether oxygens (including phenoxy) is 1. The van der Waals surface area contributed by atoms with Gasteiger partial charge >= 0.3 is 5.97 Å². The summed E-state index contributed by atoms with van der Waals surface area (Å²) in [5.41, 5.74) is 2.03. The molecule has 1 saturated heterocycles. The van der Waals surface area contributed by atoms with Crippen molar-refractivity contribution in [2.45, 2.75) is 6.92 Å². The Morgan fingerprint density at radius 2 is 2.14 bits per heavy atom. The summed E-state index contributed by atoms with van der Waals surface area (Å²) in [6.07, 6.45) is 2.73. The molecule has 0 atom stereocenters. The average molecular weight is 303 g/mol. The van der Waals surface area contributed by atoms with E-state index in [9.17, 15) is 9.59 Å². The van der Waals surface area contributed by atoms with E-state index < -0.39 is 11.9 Å². The lowest BCUT2D eigenvalue weighted by Gasteiger charge is -1.96. The minimum atomic E-state index is -0.586. The van der Waals surface area contributed by atoms with Crippen molar-refractivity contribution in [3.63, 3.8) is 0 Å². The fourth-order valence-corrected chi connectivity index (χ4v) is 2.26. The maximum Gasteiger partial charge on any atom is 0.331 e. The van der Waals surface area contributed by atoms with E-state index in [4.69, 9.17) is 0 Å². The molecule has 1 N–H and O–H groups in total. The smallest absolute Gasteiger partial charge is 0.331 e. The van der Waals surface area contributed by atoms with Crippen molar-refractivity contribution in [3.05, 3.63) is 46.4 Å². The van der Waals surface area contributed by atoms with Crippen LogP contribution in [0.1, 0.15) is 11.1 Å². The molecule has 0 aromatic heterocycles. The van der Waals surface area contributed by atoms with Crippen molar-refractivity contribution < 1.29 is 14.3 Å². The zero-order valence-corrected chi connectivity index (χ0v) is 12.3. The number of amides is 1. The summed E-state index contributed by atoms with van der Waals surface area (Å²) in [5, 5.41) is 10.7. The Hall–Kier alpha value is -2.41. The molecule has 21 heavy (non-hydrogen) atoms. The van der Waals surface area contributed by atoms with Gasteiger partial charge < -0.3 is 4.74 Å². The molecule has 7 heteroatoms. The number of methoxy groups -OCH3 is 1. The van der Waals surface area contributed by atoms with E-state index in [2.05, 4.69) is 20.3 Å². The number of nitrogens with zero attached hydrogens (tertiary/aromatic N) is 2. The highest BCUT2D eigenvalue weighted by Crippen LogP contribution is 2.23. The number of aryl methyl sites for hydroxylation is 1. The van der Waals surface area contributed by atoms with Crippen LogP contribution in [0.5, 0.6) is 0 Å². The molecular formula is C14H13N3O3S. The van der Waals surface area contributed by atoms with Crippen LogP contribution in [-0.2, 0) is 14.3 Å². The molecule has 1 aromatic carbocycles. The van der Waals surface area contributed by atoms with Crippen molar-refractivity contribution in [2.75, 3.05) is 7.11 Å². The first-order valence-electron chi connectivity index (χ1n) is 6.05. The summed E-state index contributed by atoms with van der Waals surface area (Å²) >= 11 is 1.04. The van der Waals surface area contributed by atoms with Crippen LogP contribution in [0.2, 0.25) is 0 Å². The van der Waals surface area contributed by atoms with Crippen molar-refractivity contribution >= 4 is 35.0 Å². The number of hydrogen-bond donors (Lipinski definition) is 1. The van der Waals surface area contributed by atoms with Crippen LogP contribution in [0, 0.1) is 6.92 Å². The van der Waals surface area contributed by atoms with Gasteiger partial charge in [0.15, 0.2) is 5.17 Å². The van der Waals surface area contributed by atoms with Gasteiger partial charge in [0, 0.05) is 6.08 Å². The number of carbonyl (C=O) groups is 2. The topological polar surface area (TPSA) is 80.1 Å². The highest BCUT2D eigenvalue weighted by atomic mass is 32.2. The number of amidine groups is 1. The average Bonchev–Trinajstić information content (AvgIpc) is 2.81. The third-order valence-electron chi connectivity index (χ3n) is 2.63. The van der Waals surface area contributed by atoms with E-state index in [-0.39, 0.29) is 4.91 Å². The monoisotopic (exact) mass is 303 g/mol. The summed E-state index contributed by atoms with van der Waals surface area (Å²) < 4.78 is 4.47. The molecule has 0 spiro atoms. The number of hydrogen-bond acceptors (Lipinski definition) is 6. The van der Waals surface area contributed by atoms with Gasteiger partial charge in [-0.05, 0) is 29.8 Å². The second-order valence-corrected chi connectivity index (χ2v) is 5.12. The van der Waals surface area contributed by atoms with Gasteiger partial charge in [-0.3, -0.25) is 10.1 Å². The fourth-order valence-electron chi connectivity index (χ4n) is 1.52. The van der Waals surface area contributed by atoms with Gasteiger partial charge in [-0.2, -0.15) is 5.10 Å². The number of thioether (sulfide) groups is 1. The molecule has 1 aromatic rings. The highest BCUT2D eigenvalue weighted by molar-refractivity contribution is 8.18. The van der Waals surface area contributed by atoms with E-state index in [0.29, 0.717) is 5.17 Å². The third-order valence-corrected chi connectivity index (χ3v) is 3.54. The Morgan fingerprint density at radius 1 is 1.38 bits per heavy atom. The predicted octanol–water partition coefficient (Wildman–Crippen LogP) is 1.60. The molecule has 1 fully saturated rings. The van der Waals surface area contributed by atoms with E-state index in [1.165, 1.54) is 7.11 Å². The van der Waals surface area contributed by atoms with Gasteiger partial charge in [0.25, 0.3) is 5.91 Å². The Kier molecular flexibility index (Phi) is 4.89. The van der Waals surface area contributed by atoms with E-state index in [0.717, 1.165) is 29.0 Å². The molecule has 1 aliphatic rings. The molecule has 108 valence electrons. The standard InChI is InChI=1S/C14H13N3O3S/c1-9-5-3-4-6-10(9)8-15-17-14-16-13(19)11(21-14)7-12(18)20-2/h3-8H,1-2H3,(H,16,17,19)/b11-7+,15-8?. The molecule has 6 nitrogen and oxygen atoms in total. The number of carbonyl (C=O) groups excluding carboxylic acids is 2. The van der Waals surface area contributed by atoms with Crippen LogP contribution in [0.4, 0.5) is 0 Å². The summed E-state index contributed by atoms with van der Waals surface area (Å²) in [6, 6.07) is 7.74. The molecule has 0 bridgehead atoms. The zero-order valence-electron chi connectivity index (χ0n) is 11.5. The summed E-state index contributed by atoms with van der Waals surface area (Å²) in [6.45, 7) is 1.97. The lowest BCUT2D eigenvalue weighted by molar-refractivity contribution is -0.135. The van der Waals surface area contributed by atoms with Crippen LogP contribution < -0.4 is 5.32 Å². The first-order valence-corrected chi connectivity index (χ1v) is 6.87. The van der Waals surface area contributed by atoms with E-state index in [1.807, 2.05) is 31.2 Å². The second kappa shape index (κ2) is 6.85. The largest absolute Gasteiger partial charge is 0.466 e. The summed E-state index contributed by atoms with van der Waals surface area (Å²) in [4.78, 5) is 22.9. The van der Waals surface area contributed by atoms with Gasteiger partial charge in [-0.15, -0.1) is 5.10 Å². The maximum absolute atomic E-state index is 11.6. The van der Waals surface area contributed by atoms with Gasteiger partial charge in [0.05, 0.1) is 18.2 Å². The van der Waals surface area contributed by atoms with Crippen LogP contribution in [0.3, 0.4) is 0 Å². The number of benzene rings is 1. The lowest BCUT2D eigenvalue weighted by atomic mass is 10.1. The highest BCUT2D eigenvalue weighted by Gasteiger charge is 2.24. The first-order chi connectivity index (χ1) is 10.1. The normalized spacial score (nSPS) is 18.5. The van der Waals surface area contributed by atoms with Gasteiger partial charge in [-0.25, -0.2) is 4.79 Å². The molecule has 0 radical (unpaired) electrons. The van der Waals surface area contributed by atoms with Crippen molar-refractivity contribution in [1.82, 2.24) is 5.32 Å². The summed E-state index contributed by atoms with van der Waals surface area (Å²) in [5.74, 6) is -0.979. The summed E-state index contributed by atoms with van der Waals surface area (Å²) in [7, 11) is 1.25. The Bertz CT molecular complexity index is 665. The minimum absolute atomic E-state index is 0.228. The van der Waals surface area contributed by atoms with Crippen LogP contribution in [-0.4, -0.2) is 30.4 Å². The minimum Gasteiger partial charge on any atom is -0.466 e. The molecule has 2 rings (SSSR count). The van der Waals surface area contributed by atoms with Crippen molar-refractivity contribution in [3.8, 4) is 0 Å². The molecule has 1 aliphatic heterocycles. The lowest BCUT2D eigenvalue weighted by Crippen LogP contribution is -2.19. The Morgan fingerprint density at radius 3 is 2.86 bits per heavy atom. The zero-order chi connectivity index (χ0) is 15.2. The van der Waals surface area contributed by atoms with Gasteiger partial charge in [0.2, 0.25) is 0 Å². The van der Waals surface area contributed by atoms with Gasteiger partial charge in [0.1, 0.15) is 0 Å². The van der Waals surface area contributed by atoms with Crippen LogP contribution in [0.25, 0.3) is 0 Å². The molecular weight excluding hydrogens is 290 g/mol. The molecule has 0 unspecified atom stereocenters. The van der Waals surface area contributed by atoms with Crippen LogP contribution >= 0.6 is 11.8 Å². The number of rotatable bonds is 3. The maximum atomic E-state index is 11.6. The second-order valence-electron chi connectivity index (χ2n) is 4.09. The van der Waals surface area contributed by atoms with Crippen LogP contribution in [0.15, 0.2) is 45.4 Å². The number of esters is 1. The quantitative estimate of drug-likeness (QED) is 0.398. The third kappa shape index (κ3) is 4.03. The molecule has 1 heterocycles. The molecule has 1 amide bonds. The SMILES string of the molecule is COC(=O)/C=C1/S/C(=N\N=Cc2ccccc2C)NC1=O. The Labute approximate surface area is 126 Å². The van der Waals surface area contributed by atoms with Crippen molar-refractivity contribution in [2.24, 2.45) is 10.2 Å². The van der Waals surface area contributed by atoms with Crippen molar-refractivity contribution in [1.29, 1.82) is 0 Å². The first kappa shape index (κ1) is 15.0. The van der Waals surface area contributed by atoms with E-state index >= 15 is 0 Å². The van der Waals surface area contributed by atoms with Gasteiger partial charge in [-0.1, -0.05) is 24.3 Å². The number of nitrogens with one attached hydrogen (secondary N) is 1. The molecule has 0 aliphatic carbocycles.